The highest BCUT2D eigenvalue weighted by atomic mass is 19.1. The molecule has 0 aromatic heterocycles. The Morgan fingerprint density at radius 2 is 1.95 bits per heavy atom. The van der Waals surface area contributed by atoms with E-state index in [1.165, 1.54) is 12.1 Å². The molecule has 0 saturated heterocycles. The summed E-state index contributed by atoms with van der Waals surface area (Å²) < 4.78 is 13.5. The number of aliphatic hydroxyl groups excluding tert-OH is 2. The number of halogens is 1. The first kappa shape index (κ1) is 15.7. The topological polar surface area (TPSA) is 81.6 Å². The van der Waals surface area contributed by atoms with Crippen LogP contribution in [0.2, 0.25) is 0 Å². The molecule has 2 rings (SSSR count). The first-order valence-corrected chi connectivity index (χ1v) is 7.21. The van der Waals surface area contributed by atoms with Gasteiger partial charge in [-0.05, 0) is 31.7 Å². The van der Waals surface area contributed by atoms with Crippen LogP contribution in [0.5, 0.6) is 0 Å². The molecule has 5 nitrogen and oxygen atoms in total. The molecule has 1 unspecified atom stereocenters. The Kier molecular flexibility index (Phi) is 5.52. The van der Waals surface area contributed by atoms with Crippen molar-refractivity contribution in [2.24, 2.45) is 0 Å². The van der Waals surface area contributed by atoms with Crippen molar-refractivity contribution < 1.29 is 19.4 Å². The third-order valence-electron chi connectivity index (χ3n) is 3.75. The molecule has 1 aliphatic rings. The first-order chi connectivity index (χ1) is 10.1. The maximum absolute atomic E-state index is 13.5. The normalized spacial score (nSPS) is 23.4. The van der Waals surface area contributed by atoms with Crippen molar-refractivity contribution in [3.63, 3.8) is 0 Å². The molecule has 0 spiro atoms. The van der Waals surface area contributed by atoms with E-state index in [-0.39, 0.29) is 30.3 Å². The monoisotopic (exact) mass is 296 g/mol. The maximum atomic E-state index is 13.5. The highest BCUT2D eigenvalue weighted by molar-refractivity contribution is 5.74. The lowest BCUT2D eigenvalue weighted by Gasteiger charge is -2.26. The smallest absolute Gasteiger partial charge is 0.315 e. The zero-order valence-corrected chi connectivity index (χ0v) is 11.8. The van der Waals surface area contributed by atoms with E-state index in [0.29, 0.717) is 12.8 Å². The largest absolute Gasteiger partial charge is 0.393 e. The maximum Gasteiger partial charge on any atom is 0.315 e. The lowest BCUT2D eigenvalue weighted by atomic mass is 9.93. The molecular weight excluding hydrogens is 275 g/mol. The molecule has 1 atom stereocenters. The number of hydrogen-bond acceptors (Lipinski definition) is 3. The molecule has 1 aliphatic carbocycles. The second-order valence-electron chi connectivity index (χ2n) is 5.40. The van der Waals surface area contributed by atoms with Crippen molar-refractivity contribution in [2.75, 3.05) is 6.54 Å². The molecule has 1 aromatic carbocycles. The van der Waals surface area contributed by atoms with Crippen LogP contribution in [0.15, 0.2) is 24.3 Å². The summed E-state index contributed by atoms with van der Waals surface area (Å²) in [5, 5.41) is 24.6. The quantitative estimate of drug-likeness (QED) is 0.679. The number of carbonyl (C=O) groups excluding carboxylic acids is 1. The fourth-order valence-corrected chi connectivity index (χ4v) is 2.50. The number of hydrogen-bond donors (Lipinski definition) is 4. The number of urea groups is 1. The lowest BCUT2D eigenvalue weighted by molar-refractivity contribution is 0.117. The van der Waals surface area contributed by atoms with Crippen LogP contribution < -0.4 is 10.6 Å². The van der Waals surface area contributed by atoms with Gasteiger partial charge in [0.1, 0.15) is 5.82 Å². The molecular formula is C15H21FN2O3. The molecule has 6 heteroatoms. The molecule has 4 N–H and O–H groups in total. The zero-order valence-electron chi connectivity index (χ0n) is 11.8. The number of benzene rings is 1. The van der Waals surface area contributed by atoms with Gasteiger partial charge in [0.25, 0.3) is 0 Å². The molecule has 0 aliphatic heterocycles. The lowest BCUT2D eigenvalue weighted by Crippen LogP contribution is -2.45. The van der Waals surface area contributed by atoms with Gasteiger partial charge < -0.3 is 20.8 Å². The van der Waals surface area contributed by atoms with E-state index in [1.54, 1.807) is 12.1 Å². The van der Waals surface area contributed by atoms with Crippen LogP contribution in [0.3, 0.4) is 0 Å². The Morgan fingerprint density at radius 1 is 1.29 bits per heavy atom. The molecule has 2 amide bonds. The van der Waals surface area contributed by atoms with E-state index in [2.05, 4.69) is 10.6 Å². The van der Waals surface area contributed by atoms with Gasteiger partial charge in [-0.15, -0.1) is 0 Å². The second-order valence-corrected chi connectivity index (χ2v) is 5.40. The third kappa shape index (κ3) is 4.68. The average Bonchev–Trinajstić information content (AvgIpc) is 2.48. The van der Waals surface area contributed by atoms with E-state index >= 15 is 0 Å². The first-order valence-electron chi connectivity index (χ1n) is 7.21. The summed E-state index contributed by atoms with van der Waals surface area (Å²) in [5.74, 6) is -0.492. The molecule has 21 heavy (non-hydrogen) atoms. The standard InChI is InChI=1S/C15H21FN2O3/c16-13-4-2-1-3-12(13)14(20)9-17-15(21)18-10-5-7-11(19)8-6-10/h1-4,10-11,14,19-20H,5-9H2,(H2,17,18,21). The minimum Gasteiger partial charge on any atom is -0.393 e. The number of aliphatic hydroxyl groups is 2. The van der Waals surface area contributed by atoms with Gasteiger partial charge in [0.2, 0.25) is 0 Å². The average molecular weight is 296 g/mol. The van der Waals surface area contributed by atoms with Gasteiger partial charge in [0.05, 0.1) is 12.2 Å². The van der Waals surface area contributed by atoms with Crippen LogP contribution in [0, 0.1) is 5.82 Å². The van der Waals surface area contributed by atoms with E-state index < -0.39 is 11.9 Å². The highest BCUT2D eigenvalue weighted by Gasteiger charge is 2.21. The molecule has 1 saturated carbocycles. The Morgan fingerprint density at radius 3 is 2.62 bits per heavy atom. The summed E-state index contributed by atoms with van der Waals surface area (Å²) in [6.07, 6.45) is 1.50. The molecule has 1 aromatic rings. The van der Waals surface area contributed by atoms with E-state index in [0.717, 1.165) is 12.8 Å². The molecule has 0 bridgehead atoms. The summed E-state index contributed by atoms with van der Waals surface area (Å²) in [4.78, 5) is 11.7. The molecule has 1 fully saturated rings. The minimum absolute atomic E-state index is 0.0407. The van der Waals surface area contributed by atoms with Crippen LogP contribution in [-0.4, -0.2) is 34.9 Å². The Hall–Kier alpha value is -1.66. The highest BCUT2D eigenvalue weighted by Crippen LogP contribution is 2.18. The van der Waals surface area contributed by atoms with Crippen LogP contribution in [0.1, 0.15) is 37.4 Å². The van der Waals surface area contributed by atoms with Crippen LogP contribution >= 0.6 is 0 Å². The summed E-state index contributed by atoms with van der Waals surface area (Å²) in [6.45, 7) is -0.0535. The third-order valence-corrected chi connectivity index (χ3v) is 3.75. The van der Waals surface area contributed by atoms with Crippen molar-refractivity contribution >= 4 is 6.03 Å². The predicted molar refractivity (Wildman–Crippen MR) is 76.2 cm³/mol. The summed E-state index contributed by atoms with van der Waals surface area (Å²) >= 11 is 0. The SMILES string of the molecule is O=C(NCC(O)c1ccccc1F)NC1CCC(O)CC1. The Labute approximate surface area is 123 Å². The predicted octanol–water partition coefficient (Wildman–Crippen LogP) is 1.46. The van der Waals surface area contributed by atoms with Gasteiger partial charge in [-0.3, -0.25) is 0 Å². The van der Waals surface area contributed by atoms with E-state index in [1.807, 2.05) is 0 Å². The van der Waals surface area contributed by atoms with Crippen molar-refractivity contribution in [3.8, 4) is 0 Å². The van der Waals surface area contributed by atoms with Gasteiger partial charge in [-0.2, -0.15) is 0 Å². The fourth-order valence-electron chi connectivity index (χ4n) is 2.50. The van der Waals surface area contributed by atoms with Crippen molar-refractivity contribution in [1.29, 1.82) is 0 Å². The number of nitrogens with one attached hydrogen (secondary N) is 2. The summed E-state index contributed by atoms with van der Waals surface area (Å²) in [6, 6.07) is 5.59. The zero-order chi connectivity index (χ0) is 15.2. The van der Waals surface area contributed by atoms with E-state index in [9.17, 15) is 19.4 Å². The number of rotatable bonds is 4. The van der Waals surface area contributed by atoms with Crippen molar-refractivity contribution in [2.45, 2.75) is 43.9 Å². The van der Waals surface area contributed by atoms with Crippen LogP contribution in [0.4, 0.5) is 9.18 Å². The van der Waals surface area contributed by atoms with Gasteiger partial charge in [0, 0.05) is 18.2 Å². The number of amides is 2. The summed E-state index contributed by atoms with van der Waals surface area (Å²) in [7, 11) is 0. The van der Waals surface area contributed by atoms with Gasteiger partial charge in [-0.1, -0.05) is 18.2 Å². The molecule has 0 radical (unpaired) electrons. The minimum atomic E-state index is -1.08. The Balaban J connectivity index is 1.75. The van der Waals surface area contributed by atoms with Crippen LogP contribution in [0.25, 0.3) is 0 Å². The van der Waals surface area contributed by atoms with Crippen molar-refractivity contribution in [1.82, 2.24) is 10.6 Å². The summed E-state index contributed by atoms with van der Waals surface area (Å²) in [5.41, 5.74) is 0.165. The van der Waals surface area contributed by atoms with E-state index in [4.69, 9.17) is 0 Å². The fraction of sp³-hybridized carbons (Fsp3) is 0.533. The van der Waals surface area contributed by atoms with Crippen LogP contribution in [-0.2, 0) is 0 Å². The Bertz CT molecular complexity index is 476. The van der Waals surface area contributed by atoms with Crippen molar-refractivity contribution in [3.05, 3.63) is 35.6 Å². The van der Waals surface area contributed by atoms with Gasteiger partial charge >= 0.3 is 6.03 Å². The molecule has 116 valence electrons. The number of carbonyl (C=O) groups is 1. The molecule has 0 heterocycles. The second kappa shape index (κ2) is 7.38. The van der Waals surface area contributed by atoms with Gasteiger partial charge in [0.15, 0.2) is 0 Å². The van der Waals surface area contributed by atoms with Gasteiger partial charge in [-0.25, -0.2) is 9.18 Å².